The predicted molar refractivity (Wildman–Crippen MR) is 110 cm³/mol. The minimum absolute atomic E-state index is 0. The van der Waals surface area contributed by atoms with E-state index >= 15 is 0 Å². The summed E-state index contributed by atoms with van der Waals surface area (Å²) >= 11 is 0. The SMILES string of the molecule is C[Si](C)C.FC(F)(F)c1[c-]c(-c2ccccn2)cc(C(F)(F)F)c1.[CH-]=NC(C)(C)C.[Ir]. The van der Waals surface area contributed by atoms with Gasteiger partial charge in [-0.05, 0) is 43.7 Å². The van der Waals surface area contributed by atoms with Crippen LogP contribution in [0.3, 0.4) is 0 Å². The second-order valence-corrected chi connectivity index (χ2v) is 10.7. The molecule has 0 atom stereocenters. The summed E-state index contributed by atoms with van der Waals surface area (Å²) < 4.78 is 75.8. The number of aliphatic imine (C=N–C) groups is 1. The molecule has 2 rings (SSSR count). The van der Waals surface area contributed by atoms with Crippen LogP contribution in [0.1, 0.15) is 31.9 Å². The third-order valence-electron chi connectivity index (χ3n) is 2.83. The molecule has 0 amide bonds. The van der Waals surface area contributed by atoms with E-state index in [2.05, 4.69) is 29.6 Å². The van der Waals surface area contributed by atoms with Crippen LogP contribution in [-0.2, 0) is 32.5 Å². The molecule has 0 bridgehead atoms. The molecule has 0 saturated carbocycles. The fraction of sp³-hybridized carbons (Fsp3) is 0.429. The van der Waals surface area contributed by atoms with E-state index in [0.29, 0.717) is 6.07 Å². The van der Waals surface area contributed by atoms with Crippen molar-refractivity contribution >= 4 is 15.5 Å². The maximum absolute atomic E-state index is 12.7. The first kappa shape index (κ1) is 31.7. The number of pyridine rings is 1. The molecule has 0 fully saturated rings. The van der Waals surface area contributed by atoms with Gasteiger partial charge in [-0.1, -0.05) is 31.8 Å². The van der Waals surface area contributed by atoms with Gasteiger partial charge in [0, 0.05) is 40.6 Å². The molecule has 1 heterocycles. The minimum atomic E-state index is -4.91. The van der Waals surface area contributed by atoms with Crippen LogP contribution in [0, 0.1) is 6.07 Å². The average molecular weight is 640 g/mol. The molecule has 0 N–H and O–H groups in total. The molecular weight excluding hydrogens is 615 g/mol. The maximum Gasteiger partial charge on any atom is 0.399 e. The summed E-state index contributed by atoms with van der Waals surface area (Å²) in [6.07, 6.45) is -8.51. The van der Waals surface area contributed by atoms with Crippen LogP contribution in [0.2, 0.25) is 19.6 Å². The Kier molecular flexibility index (Phi) is 13.4. The van der Waals surface area contributed by atoms with Crippen molar-refractivity contribution in [3.05, 3.63) is 53.7 Å². The molecule has 0 unspecified atom stereocenters. The molecule has 0 aliphatic rings. The van der Waals surface area contributed by atoms with Crippen molar-refractivity contribution in [2.45, 2.75) is 58.3 Å². The first-order chi connectivity index (χ1) is 13.5. The van der Waals surface area contributed by atoms with Gasteiger partial charge in [0.2, 0.25) is 0 Å². The minimum Gasteiger partial charge on any atom is -0.501 e. The fourth-order valence-corrected chi connectivity index (χ4v) is 1.55. The van der Waals surface area contributed by atoms with Gasteiger partial charge in [-0.2, -0.15) is 26.3 Å². The quantitative estimate of drug-likeness (QED) is 0.139. The molecule has 2 nitrogen and oxygen atoms in total. The molecule has 0 spiro atoms. The zero-order valence-electron chi connectivity index (χ0n) is 18.0. The van der Waals surface area contributed by atoms with E-state index < -0.39 is 23.5 Å². The number of halogens is 6. The molecule has 0 aliphatic carbocycles. The van der Waals surface area contributed by atoms with Gasteiger partial charge in [0.05, 0.1) is 0 Å². The van der Waals surface area contributed by atoms with Crippen molar-refractivity contribution in [2.24, 2.45) is 4.99 Å². The summed E-state index contributed by atoms with van der Waals surface area (Å²) in [6, 6.07) is 6.83. The first-order valence-electron chi connectivity index (χ1n) is 8.79. The predicted octanol–water partition coefficient (Wildman–Crippen LogP) is 7.32. The van der Waals surface area contributed by atoms with Crippen molar-refractivity contribution in [3.8, 4) is 11.3 Å². The van der Waals surface area contributed by atoms with Gasteiger partial charge in [0.15, 0.2) is 0 Å². The molecule has 2 aromatic rings. The average Bonchev–Trinajstić information content (AvgIpc) is 2.60. The van der Waals surface area contributed by atoms with Crippen LogP contribution in [0.5, 0.6) is 0 Å². The second-order valence-electron chi connectivity index (χ2n) is 7.71. The number of hydrogen-bond acceptors (Lipinski definition) is 2. The Morgan fingerprint density at radius 3 is 1.74 bits per heavy atom. The summed E-state index contributed by atoms with van der Waals surface area (Å²) in [7, 11) is 0.120. The number of alkyl halides is 6. The first-order valence-corrected chi connectivity index (χ1v) is 11.8. The number of rotatable bonds is 1. The Morgan fingerprint density at radius 1 is 0.935 bits per heavy atom. The van der Waals surface area contributed by atoms with Crippen LogP contribution in [0.15, 0.2) is 41.5 Å². The third kappa shape index (κ3) is 14.2. The summed E-state index contributed by atoms with van der Waals surface area (Å²) in [5.41, 5.74) is -3.28. The van der Waals surface area contributed by atoms with Crippen molar-refractivity contribution in [2.75, 3.05) is 0 Å². The topological polar surface area (TPSA) is 25.2 Å². The largest absolute Gasteiger partial charge is 0.501 e. The molecule has 176 valence electrons. The molecule has 0 aliphatic heterocycles. The van der Waals surface area contributed by atoms with Gasteiger partial charge in [0.25, 0.3) is 0 Å². The summed E-state index contributed by atoms with van der Waals surface area (Å²) in [6.45, 7) is 17.6. The molecule has 2 radical (unpaired) electrons. The zero-order valence-corrected chi connectivity index (χ0v) is 21.4. The van der Waals surface area contributed by atoms with E-state index in [1.807, 2.05) is 26.8 Å². The van der Waals surface area contributed by atoms with E-state index in [1.54, 1.807) is 0 Å². The smallest absolute Gasteiger partial charge is 0.399 e. The van der Waals surface area contributed by atoms with Crippen molar-refractivity contribution in [1.29, 1.82) is 0 Å². The van der Waals surface area contributed by atoms with Crippen LogP contribution in [-0.4, -0.2) is 26.0 Å². The second kappa shape index (κ2) is 13.1. The Morgan fingerprint density at radius 2 is 1.42 bits per heavy atom. The number of nitrogens with zero attached hydrogens (tertiary/aromatic N) is 2. The van der Waals surface area contributed by atoms with E-state index in [0.717, 1.165) is 0 Å². The van der Waals surface area contributed by atoms with Gasteiger partial charge in [-0.25, -0.2) is 0 Å². The van der Waals surface area contributed by atoms with Crippen LogP contribution in [0.4, 0.5) is 26.3 Å². The van der Waals surface area contributed by atoms with Crippen molar-refractivity contribution in [1.82, 2.24) is 4.98 Å². The standard InChI is InChI=1S/C13H6F6N.C5H10N.C3H9Si.Ir/c14-12(15,16)9-5-8(11-3-1-2-4-20-11)6-10(7-9)13(17,18)19;1-5(2,3)6-4;1-4(2)3;/h1-5,7H;4H,1-3H3;1-3H3;/q2*-1;;. The molecular formula is C21H25F6IrN2Si-2. The van der Waals surface area contributed by atoms with Gasteiger partial charge in [-0.15, -0.1) is 23.8 Å². The Bertz CT molecular complexity index is 750. The fourth-order valence-electron chi connectivity index (χ4n) is 1.55. The van der Waals surface area contributed by atoms with E-state index in [1.165, 1.54) is 24.4 Å². The summed E-state index contributed by atoms with van der Waals surface area (Å²) in [4.78, 5) is 7.25. The molecule has 1 aromatic carbocycles. The zero-order chi connectivity index (χ0) is 23.8. The van der Waals surface area contributed by atoms with Gasteiger partial charge in [0.1, 0.15) is 0 Å². The number of hydrogen-bond donors (Lipinski definition) is 0. The van der Waals surface area contributed by atoms with Crippen LogP contribution < -0.4 is 0 Å². The maximum atomic E-state index is 12.7. The monoisotopic (exact) mass is 640 g/mol. The summed E-state index contributed by atoms with van der Waals surface area (Å²) in [5.74, 6) is 0. The molecule has 10 heteroatoms. The van der Waals surface area contributed by atoms with E-state index in [-0.39, 0.29) is 51.8 Å². The number of aromatic nitrogens is 1. The Hall–Kier alpha value is -1.51. The Balaban J connectivity index is 0. The van der Waals surface area contributed by atoms with Crippen LogP contribution >= 0.6 is 0 Å². The molecule has 31 heavy (non-hydrogen) atoms. The summed E-state index contributed by atoms with van der Waals surface area (Å²) in [5, 5.41) is 0. The van der Waals surface area contributed by atoms with Gasteiger partial charge < -0.3 is 16.7 Å². The number of benzene rings is 1. The Labute approximate surface area is 195 Å². The molecule has 0 saturated heterocycles. The third-order valence-corrected chi connectivity index (χ3v) is 2.83. The van der Waals surface area contributed by atoms with E-state index in [4.69, 9.17) is 6.72 Å². The van der Waals surface area contributed by atoms with Gasteiger partial charge in [-0.3, -0.25) is 0 Å². The van der Waals surface area contributed by atoms with Crippen molar-refractivity contribution in [3.63, 3.8) is 0 Å². The van der Waals surface area contributed by atoms with Crippen LogP contribution in [0.25, 0.3) is 11.3 Å². The van der Waals surface area contributed by atoms with Gasteiger partial charge >= 0.3 is 12.4 Å². The van der Waals surface area contributed by atoms with E-state index in [9.17, 15) is 26.3 Å². The van der Waals surface area contributed by atoms with Crippen molar-refractivity contribution < 1.29 is 46.4 Å². The normalized spacial score (nSPS) is 11.4. The molecule has 1 aromatic heterocycles.